The van der Waals surface area contributed by atoms with Crippen molar-refractivity contribution in [2.24, 2.45) is 5.73 Å². The molecule has 19 heavy (non-hydrogen) atoms. The highest BCUT2D eigenvalue weighted by molar-refractivity contribution is 6.31. The lowest BCUT2D eigenvalue weighted by atomic mass is 9.98. The van der Waals surface area contributed by atoms with Crippen LogP contribution in [-0.2, 0) is 13.0 Å². The molecule has 0 saturated heterocycles. The van der Waals surface area contributed by atoms with E-state index in [2.05, 4.69) is 31.1 Å². The summed E-state index contributed by atoms with van der Waals surface area (Å²) in [6, 6.07) is 8.15. The second-order valence-electron chi connectivity index (χ2n) is 4.83. The van der Waals surface area contributed by atoms with E-state index in [0.29, 0.717) is 6.42 Å². The van der Waals surface area contributed by atoms with Gasteiger partial charge in [0, 0.05) is 19.0 Å². The maximum Gasteiger partial charge on any atom is 0.0847 e. The van der Waals surface area contributed by atoms with Gasteiger partial charge in [-0.1, -0.05) is 35.9 Å². The van der Waals surface area contributed by atoms with Crippen molar-refractivity contribution >= 4 is 11.6 Å². The van der Waals surface area contributed by atoms with Crippen LogP contribution >= 0.6 is 11.6 Å². The Bertz CT molecular complexity index is 575. The maximum absolute atomic E-state index is 6.33. The summed E-state index contributed by atoms with van der Waals surface area (Å²) in [5.74, 6) is 0. The van der Waals surface area contributed by atoms with E-state index >= 15 is 0 Å². The molecule has 1 aromatic carbocycles. The van der Waals surface area contributed by atoms with Crippen LogP contribution in [0.5, 0.6) is 0 Å². The average molecular weight is 278 g/mol. The zero-order valence-corrected chi connectivity index (χ0v) is 12.4. The van der Waals surface area contributed by atoms with E-state index in [0.717, 1.165) is 23.0 Å². The fourth-order valence-electron chi connectivity index (χ4n) is 2.39. The van der Waals surface area contributed by atoms with Crippen LogP contribution in [-0.4, -0.2) is 9.78 Å². The van der Waals surface area contributed by atoms with Crippen LogP contribution in [0.15, 0.2) is 24.3 Å². The molecule has 1 heterocycles. The summed E-state index contributed by atoms with van der Waals surface area (Å²) < 4.78 is 1.94. The first kappa shape index (κ1) is 14.1. The molecule has 1 aromatic heterocycles. The van der Waals surface area contributed by atoms with E-state index in [4.69, 9.17) is 17.3 Å². The van der Waals surface area contributed by atoms with Crippen molar-refractivity contribution in [2.45, 2.75) is 39.8 Å². The molecule has 0 aliphatic carbocycles. The lowest BCUT2D eigenvalue weighted by Crippen LogP contribution is -2.17. The Labute approximate surface area is 119 Å². The number of rotatable bonds is 4. The number of aromatic nitrogens is 2. The lowest BCUT2D eigenvalue weighted by Gasteiger charge is -2.15. The third kappa shape index (κ3) is 2.82. The van der Waals surface area contributed by atoms with Crippen LogP contribution in [0.3, 0.4) is 0 Å². The Morgan fingerprint density at radius 3 is 2.63 bits per heavy atom. The van der Waals surface area contributed by atoms with Gasteiger partial charge in [-0.05, 0) is 31.9 Å². The summed E-state index contributed by atoms with van der Waals surface area (Å²) in [6.07, 6.45) is 0.707. The van der Waals surface area contributed by atoms with Crippen molar-refractivity contribution < 1.29 is 0 Å². The van der Waals surface area contributed by atoms with Gasteiger partial charge in [0.15, 0.2) is 0 Å². The molecule has 0 saturated carbocycles. The number of nitrogens with two attached hydrogens (primary N) is 1. The molecule has 0 radical (unpaired) electrons. The summed E-state index contributed by atoms with van der Waals surface area (Å²) in [5.41, 5.74) is 10.6. The first-order valence-electron chi connectivity index (χ1n) is 6.57. The fourth-order valence-corrected chi connectivity index (χ4v) is 2.60. The number of aryl methyl sites for hydroxylation is 3. The molecule has 0 amide bonds. The Morgan fingerprint density at radius 2 is 2.00 bits per heavy atom. The van der Waals surface area contributed by atoms with Crippen LogP contribution in [0, 0.1) is 13.8 Å². The molecule has 0 aliphatic rings. The van der Waals surface area contributed by atoms with Crippen LogP contribution < -0.4 is 5.73 Å². The molecule has 1 atom stereocenters. The van der Waals surface area contributed by atoms with Crippen LogP contribution in [0.4, 0.5) is 0 Å². The van der Waals surface area contributed by atoms with Crippen molar-refractivity contribution in [2.75, 3.05) is 0 Å². The summed E-state index contributed by atoms with van der Waals surface area (Å²) in [6.45, 7) is 6.88. The first-order chi connectivity index (χ1) is 9.04. The highest BCUT2D eigenvalue weighted by Crippen LogP contribution is 2.26. The van der Waals surface area contributed by atoms with Crippen molar-refractivity contribution in [3.63, 3.8) is 0 Å². The Hall–Kier alpha value is -1.32. The van der Waals surface area contributed by atoms with Gasteiger partial charge >= 0.3 is 0 Å². The summed E-state index contributed by atoms with van der Waals surface area (Å²) >= 11 is 6.33. The van der Waals surface area contributed by atoms with Gasteiger partial charge < -0.3 is 5.73 Å². The molecule has 0 aliphatic heterocycles. The van der Waals surface area contributed by atoms with Crippen molar-refractivity contribution in [3.8, 4) is 0 Å². The number of benzene rings is 1. The Balaban J connectivity index is 2.29. The summed E-state index contributed by atoms with van der Waals surface area (Å²) in [5, 5.41) is 5.17. The van der Waals surface area contributed by atoms with Gasteiger partial charge in [0.05, 0.1) is 16.4 Å². The predicted octanol–water partition coefficient (Wildman–Crippen LogP) is 3.42. The minimum absolute atomic E-state index is 0.0555. The van der Waals surface area contributed by atoms with Crippen LogP contribution in [0.1, 0.15) is 35.5 Å². The maximum atomic E-state index is 6.33. The normalized spacial score (nSPS) is 12.7. The second-order valence-corrected chi connectivity index (χ2v) is 5.21. The van der Waals surface area contributed by atoms with E-state index in [1.54, 1.807) is 0 Å². The highest BCUT2D eigenvalue weighted by atomic mass is 35.5. The molecular formula is C15H20ClN3. The smallest absolute Gasteiger partial charge is 0.0847 e. The van der Waals surface area contributed by atoms with Gasteiger partial charge in [0.25, 0.3) is 0 Å². The minimum atomic E-state index is -0.0555. The monoisotopic (exact) mass is 277 g/mol. The number of hydrogen-bond acceptors (Lipinski definition) is 2. The van der Waals surface area contributed by atoms with Crippen LogP contribution in [0.25, 0.3) is 0 Å². The fraction of sp³-hybridized carbons (Fsp3) is 0.400. The van der Waals surface area contributed by atoms with Gasteiger partial charge in [-0.25, -0.2) is 0 Å². The Kier molecular flexibility index (Phi) is 4.27. The molecule has 0 spiro atoms. The van der Waals surface area contributed by atoms with Gasteiger partial charge in [0.1, 0.15) is 0 Å². The van der Waals surface area contributed by atoms with E-state index in [1.165, 1.54) is 11.1 Å². The average Bonchev–Trinajstić information content (AvgIpc) is 2.67. The molecule has 2 aromatic rings. The molecule has 1 unspecified atom stereocenters. The van der Waals surface area contributed by atoms with E-state index in [-0.39, 0.29) is 6.04 Å². The molecule has 102 valence electrons. The molecule has 3 nitrogen and oxygen atoms in total. The van der Waals surface area contributed by atoms with Gasteiger partial charge in [0.2, 0.25) is 0 Å². The Morgan fingerprint density at radius 1 is 1.32 bits per heavy atom. The van der Waals surface area contributed by atoms with Gasteiger partial charge in [-0.2, -0.15) is 5.10 Å². The van der Waals surface area contributed by atoms with Crippen molar-refractivity contribution in [3.05, 3.63) is 51.8 Å². The molecule has 0 fully saturated rings. The summed E-state index contributed by atoms with van der Waals surface area (Å²) in [7, 11) is 0. The molecular weight excluding hydrogens is 258 g/mol. The number of hydrogen-bond donors (Lipinski definition) is 1. The second kappa shape index (κ2) is 5.76. The number of nitrogens with zero attached hydrogens (tertiary/aromatic N) is 2. The van der Waals surface area contributed by atoms with E-state index in [9.17, 15) is 0 Å². The quantitative estimate of drug-likeness (QED) is 0.931. The van der Waals surface area contributed by atoms with Crippen molar-refractivity contribution in [1.82, 2.24) is 9.78 Å². The SMILES string of the molecule is CCn1nc(C)c(Cl)c1CC(N)c1ccccc1C. The van der Waals surface area contributed by atoms with E-state index < -0.39 is 0 Å². The highest BCUT2D eigenvalue weighted by Gasteiger charge is 2.17. The first-order valence-corrected chi connectivity index (χ1v) is 6.95. The predicted molar refractivity (Wildman–Crippen MR) is 79.5 cm³/mol. The van der Waals surface area contributed by atoms with Gasteiger partial charge in [-0.3, -0.25) is 4.68 Å². The summed E-state index contributed by atoms with van der Waals surface area (Å²) in [4.78, 5) is 0. The molecule has 0 bridgehead atoms. The lowest BCUT2D eigenvalue weighted by molar-refractivity contribution is 0.586. The molecule has 4 heteroatoms. The standard InChI is InChI=1S/C15H20ClN3/c1-4-19-14(15(16)11(3)18-19)9-13(17)12-8-6-5-7-10(12)2/h5-8,13H,4,9,17H2,1-3H3. The zero-order chi connectivity index (χ0) is 14.0. The van der Waals surface area contributed by atoms with Gasteiger partial charge in [-0.15, -0.1) is 0 Å². The molecule has 2 N–H and O–H groups in total. The van der Waals surface area contributed by atoms with Crippen molar-refractivity contribution in [1.29, 1.82) is 0 Å². The largest absolute Gasteiger partial charge is 0.324 e. The minimum Gasteiger partial charge on any atom is -0.324 e. The third-order valence-electron chi connectivity index (χ3n) is 3.45. The zero-order valence-electron chi connectivity index (χ0n) is 11.7. The topological polar surface area (TPSA) is 43.8 Å². The van der Waals surface area contributed by atoms with E-state index in [1.807, 2.05) is 23.7 Å². The third-order valence-corrected chi connectivity index (χ3v) is 3.95. The molecule has 2 rings (SSSR count). The van der Waals surface area contributed by atoms with Crippen LogP contribution in [0.2, 0.25) is 5.02 Å². The number of halogens is 1.